The summed E-state index contributed by atoms with van der Waals surface area (Å²) >= 11 is 0. The molecule has 0 saturated heterocycles. The van der Waals surface area contributed by atoms with E-state index in [0.717, 1.165) is 35.7 Å². The van der Waals surface area contributed by atoms with Crippen LogP contribution in [-0.4, -0.2) is 30.1 Å². The molecular formula is C22H21F3N2O3. The second-order valence-corrected chi connectivity index (χ2v) is 7.49. The van der Waals surface area contributed by atoms with Crippen LogP contribution in [0.2, 0.25) is 0 Å². The molecular weight excluding hydrogens is 397 g/mol. The van der Waals surface area contributed by atoms with E-state index in [0.29, 0.717) is 17.2 Å². The number of carbonyl (C=O) groups is 1. The topological polar surface area (TPSA) is 66.5 Å². The average molecular weight is 418 g/mol. The molecule has 8 heteroatoms. The largest absolute Gasteiger partial charge is 0.573 e. The second kappa shape index (κ2) is 7.68. The summed E-state index contributed by atoms with van der Waals surface area (Å²) in [5.41, 5.74) is 9.05. The highest BCUT2D eigenvalue weighted by molar-refractivity contribution is 5.96. The van der Waals surface area contributed by atoms with Crippen molar-refractivity contribution in [3.05, 3.63) is 59.8 Å². The Balaban J connectivity index is 1.80. The summed E-state index contributed by atoms with van der Waals surface area (Å²) in [6.45, 7) is 0. The third-order valence-electron chi connectivity index (χ3n) is 5.52. The van der Waals surface area contributed by atoms with Crippen LogP contribution < -0.4 is 10.5 Å². The lowest BCUT2D eigenvalue weighted by Gasteiger charge is -2.10. The second-order valence-electron chi connectivity index (χ2n) is 7.49. The van der Waals surface area contributed by atoms with Crippen LogP contribution in [0.3, 0.4) is 0 Å². The Labute approximate surface area is 171 Å². The number of ether oxygens (including phenoxy) is 2. The van der Waals surface area contributed by atoms with Crippen molar-refractivity contribution in [2.24, 2.45) is 5.73 Å². The van der Waals surface area contributed by atoms with Crippen molar-refractivity contribution in [3.63, 3.8) is 0 Å². The fourth-order valence-electron chi connectivity index (χ4n) is 4.14. The third kappa shape index (κ3) is 4.00. The minimum atomic E-state index is -4.74. The average Bonchev–Trinajstić information content (AvgIpc) is 3.30. The van der Waals surface area contributed by atoms with Crippen LogP contribution in [0.4, 0.5) is 13.2 Å². The Morgan fingerprint density at radius 1 is 1.13 bits per heavy atom. The predicted molar refractivity (Wildman–Crippen MR) is 106 cm³/mol. The Hall–Kier alpha value is -3.00. The van der Waals surface area contributed by atoms with Crippen molar-refractivity contribution in [2.75, 3.05) is 7.11 Å². The zero-order chi connectivity index (χ0) is 21.5. The van der Waals surface area contributed by atoms with Crippen LogP contribution in [0.15, 0.2) is 48.7 Å². The van der Waals surface area contributed by atoms with Crippen LogP contribution in [-0.2, 0) is 4.74 Å². The van der Waals surface area contributed by atoms with Gasteiger partial charge in [0.1, 0.15) is 5.75 Å². The molecule has 0 aliphatic heterocycles. The zero-order valence-corrected chi connectivity index (χ0v) is 16.3. The molecule has 1 saturated carbocycles. The first-order chi connectivity index (χ1) is 14.2. The first kappa shape index (κ1) is 20.3. The van der Waals surface area contributed by atoms with Gasteiger partial charge >= 0.3 is 12.3 Å². The standard InChI is InChI=1S/C22H21F3N2O3/c1-29-21(28)14-3-9-18-19(13-2-4-15(26)10-13)12-27(20(18)11-14)16-5-7-17(8-6-16)30-22(23,24)25/h3,5-9,11-13,15H,2,4,10,26H2,1H3. The molecule has 2 unspecified atom stereocenters. The molecule has 1 aliphatic carbocycles. The fourth-order valence-corrected chi connectivity index (χ4v) is 4.14. The minimum absolute atomic E-state index is 0.154. The van der Waals surface area contributed by atoms with Crippen molar-refractivity contribution in [3.8, 4) is 11.4 Å². The number of nitrogens with zero attached hydrogens (tertiary/aromatic N) is 1. The molecule has 3 aromatic rings. The maximum Gasteiger partial charge on any atom is 0.573 e. The Morgan fingerprint density at radius 2 is 1.87 bits per heavy atom. The van der Waals surface area contributed by atoms with Gasteiger partial charge in [-0.15, -0.1) is 13.2 Å². The number of esters is 1. The van der Waals surface area contributed by atoms with E-state index < -0.39 is 12.3 Å². The molecule has 1 aromatic heterocycles. The predicted octanol–water partition coefficient (Wildman–Crippen LogP) is 4.91. The van der Waals surface area contributed by atoms with Crippen molar-refractivity contribution in [2.45, 2.75) is 37.6 Å². The lowest BCUT2D eigenvalue weighted by Crippen LogP contribution is -2.17. The summed E-state index contributed by atoms with van der Waals surface area (Å²) in [7, 11) is 1.32. The van der Waals surface area contributed by atoms with Crippen molar-refractivity contribution in [1.82, 2.24) is 4.57 Å². The molecule has 2 atom stereocenters. The van der Waals surface area contributed by atoms with Crippen LogP contribution >= 0.6 is 0 Å². The molecule has 30 heavy (non-hydrogen) atoms. The van der Waals surface area contributed by atoms with Gasteiger partial charge in [0.05, 0.1) is 18.2 Å². The molecule has 1 fully saturated rings. The number of aromatic nitrogens is 1. The van der Waals surface area contributed by atoms with E-state index in [2.05, 4.69) is 4.74 Å². The van der Waals surface area contributed by atoms with Gasteiger partial charge in [-0.1, -0.05) is 6.07 Å². The van der Waals surface area contributed by atoms with Gasteiger partial charge in [0.15, 0.2) is 0 Å². The number of hydrogen-bond donors (Lipinski definition) is 1. The lowest BCUT2D eigenvalue weighted by atomic mass is 9.96. The first-order valence-electron chi connectivity index (χ1n) is 9.60. The van der Waals surface area contributed by atoms with Gasteiger partial charge < -0.3 is 19.8 Å². The van der Waals surface area contributed by atoms with Crippen molar-refractivity contribution >= 4 is 16.9 Å². The number of nitrogens with two attached hydrogens (primary N) is 1. The van der Waals surface area contributed by atoms with Gasteiger partial charge in [-0.3, -0.25) is 0 Å². The summed E-state index contributed by atoms with van der Waals surface area (Å²) in [4.78, 5) is 12.0. The smallest absolute Gasteiger partial charge is 0.465 e. The van der Waals surface area contributed by atoms with E-state index >= 15 is 0 Å². The maximum absolute atomic E-state index is 12.5. The number of hydrogen-bond acceptors (Lipinski definition) is 4. The number of alkyl halides is 3. The lowest BCUT2D eigenvalue weighted by molar-refractivity contribution is -0.274. The highest BCUT2D eigenvalue weighted by Gasteiger charge is 2.31. The van der Waals surface area contributed by atoms with Gasteiger partial charge in [0, 0.05) is 23.3 Å². The molecule has 0 spiro atoms. The van der Waals surface area contributed by atoms with Crippen molar-refractivity contribution < 1.29 is 27.4 Å². The summed E-state index contributed by atoms with van der Waals surface area (Å²) in [5.74, 6) is -0.455. The summed E-state index contributed by atoms with van der Waals surface area (Å²) in [6.07, 6.45) is 0.0220. The SMILES string of the molecule is COC(=O)c1ccc2c(C3CCC(N)C3)cn(-c3ccc(OC(F)(F)F)cc3)c2c1. The molecule has 158 valence electrons. The van der Waals surface area contributed by atoms with Crippen LogP contribution in [0, 0.1) is 0 Å². The van der Waals surface area contributed by atoms with E-state index in [1.807, 2.05) is 16.8 Å². The molecule has 2 N–H and O–H groups in total. The molecule has 0 radical (unpaired) electrons. The molecule has 4 rings (SSSR count). The molecule has 0 bridgehead atoms. The Kier molecular flexibility index (Phi) is 5.19. The quantitative estimate of drug-likeness (QED) is 0.612. The minimum Gasteiger partial charge on any atom is -0.465 e. The van der Waals surface area contributed by atoms with Crippen LogP contribution in [0.5, 0.6) is 5.75 Å². The Morgan fingerprint density at radius 3 is 2.47 bits per heavy atom. The third-order valence-corrected chi connectivity index (χ3v) is 5.52. The molecule has 2 aromatic carbocycles. The fraction of sp³-hybridized carbons (Fsp3) is 0.318. The van der Waals surface area contributed by atoms with E-state index in [-0.39, 0.29) is 11.8 Å². The zero-order valence-electron chi connectivity index (χ0n) is 16.3. The van der Waals surface area contributed by atoms with Gasteiger partial charge in [0.2, 0.25) is 0 Å². The van der Waals surface area contributed by atoms with Gasteiger partial charge in [-0.2, -0.15) is 0 Å². The summed E-state index contributed by atoms with van der Waals surface area (Å²) in [6, 6.07) is 11.1. The number of benzene rings is 2. The normalized spacial score (nSPS) is 19.2. The van der Waals surface area contributed by atoms with E-state index in [1.165, 1.54) is 19.2 Å². The highest BCUT2D eigenvalue weighted by Crippen LogP contribution is 2.39. The monoisotopic (exact) mass is 418 g/mol. The highest BCUT2D eigenvalue weighted by atomic mass is 19.4. The molecule has 5 nitrogen and oxygen atoms in total. The Bertz CT molecular complexity index is 1070. The number of methoxy groups -OCH3 is 1. The molecule has 1 heterocycles. The number of carbonyl (C=O) groups excluding carboxylic acids is 1. The van der Waals surface area contributed by atoms with E-state index in [4.69, 9.17) is 10.5 Å². The first-order valence-corrected chi connectivity index (χ1v) is 9.60. The summed E-state index contributed by atoms with van der Waals surface area (Å²) in [5, 5.41) is 0.984. The van der Waals surface area contributed by atoms with E-state index in [9.17, 15) is 18.0 Å². The van der Waals surface area contributed by atoms with Gasteiger partial charge in [-0.25, -0.2) is 4.79 Å². The van der Waals surface area contributed by atoms with Crippen LogP contribution in [0.1, 0.15) is 41.1 Å². The number of fused-ring (bicyclic) bond motifs is 1. The molecule has 1 aliphatic rings. The molecule has 0 amide bonds. The number of halogens is 3. The maximum atomic E-state index is 12.5. The van der Waals surface area contributed by atoms with E-state index in [1.54, 1.807) is 24.3 Å². The van der Waals surface area contributed by atoms with Gasteiger partial charge in [-0.05, 0) is 67.1 Å². The van der Waals surface area contributed by atoms with Gasteiger partial charge in [0.25, 0.3) is 0 Å². The van der Waals surface area contributed by atoms with Crippen molar-refractivity contribution in [1.29, 1.82) is 0 Å². The summed E-state index contributed by atoms with van der Waals surface area (Å²) < 4.78 is 48.0. The van der Waals surface area contributed by atoms with Crippen LogP contribution in [0.25, 0.3) is 16.6 Å². The number of rotatable bonds is 4.